The molecule has 1 amide bonds. The first-order valence-electron chi connectivity index (χ1n) is 7.98. The Balaban J connectivity index is 1.53. The summed E-state index contributed by atoms with van der Waals surface area (Å²) in [7, 11) is 0. The summed E-state index contributed by atoms with van der Waals surface area (Å²) in [5, 5.41) is 9.12. The maximum absolute atomic E-state index is 13.7. The van der Waals surface area contributed by atoms with Crippen LogP contribution in [0.2, 0.25) is 0 Å². The Kier molecular flexibility index (Phi) is 4.77. The summed E-state index contributed by atoms with van der Waals surface area (Å²) < 4.78 is 19.1. The number of halogens is 1. The van der Waals surface area contributed by atoms with Crippen LogP contribution in [0.5, 0.6) is 0 Å². The van der Waals surface area contributed by atoms with Gasteiger partial charge in [0.05, 0.1) is 12.3 Å². The molecule has 5 nitrogen and oxygen atoms in total. The van der Waals surface area contributed by atoms with Crippen LogP contribution in [0.25, 0.3) is 0 Å². The summed E-state index contributed by atoms with van der Waals surface area (Å²) >= 11 is 0. The number of amides is 1. The van der Waals surface area contributed by atoms with Gasteiger partial charge >= 0.3 is 0 Å². The van der Waals surface area contributed by atoms with Gasteiger partial charge in [-0.15, -0.1) is 0 Å². The zero-order chi connectivity index (χ0) is 16.2. The first-order chi connectivity index (χ1) is 11.2. The third-order valence-corrected chi connectivity index (χ3v) is 4.35. The fraction of sp³-hybridized carbons (Fsp3) is 0.529. The molecule has 1 saturated heterocycles. The maximum atomic E-state index is 13.7. The Morgan fingerprint density at radius 1 is 1.30 bits per heavy atom. The number of benzene rings is 1. The molecule has 6 heteroatoms. The smallest absolute Gasteiger partial charge is 0.248 e. The number of hydrogen-bond donors (Lipinski definition) is 0. The van der Waals surface area contributed by atoms with Crippen LogP contribution in [0.3, 0.4) is 0 Å². The summed E-state index contributed by atoms with van der Waals surface area (Å²) in [6, 6.07) is 6.57. The van der Waals surface area contributed by atoms with Crippen molar-refractivity contribution in [1.82, 2.24) is 4.90 Å². The van der Waals surface area contributed by atoms with Crippen LogP contribution in [0.4, 0.5) is 10.1 Å². The highest BCUT2D eigenvalue weighted by Gasteiger charge is 2.25. The van der Waals surface area contributed by atoms with E-state index in [1.165, 1.54) is 18.9 Å². The van der Waals surface area contributed by atoms with Gasteiger partial charge in [0.25, 0.3) is 0 Å². The van der Waals surface area contributed by atoms with Gasteiger partial charge in [0.15, 0.2) is 0 Å². The minimum atomic E-state index is -0.503. The lowest BCUT2D eigenvalue weighted by Gasteiger charge is -2.36. The topological polar surface area (TPSA) is 56.6 Å². The van der Waals surface area contributed by atoms with E-state index in [2.05, 4.69) is 0 Å². The number of rotatable bonds is 5. The normalized spacial score (nSPS) is 17.9. The molecular formula is C17H20FN3O2. The molecule has 1 aliphatic carbocycles. The molecular weight excluding hydrogens is 297 g/mol. The summed E-state index contributed by atoms with van der Waals surface area (Å²) in [6.45, 7) is 3.12. The Morgan fingerprint density at radius 3 is 2.70 bits per heavy atom. The van der Waals surface area contributed by atoms with E-state index in [0.29, 0.717) is 44.4 Å². The number of carbonyl (C=O) groups is 1. The van der Waals surface area contributed by atoms with Crippen molar-refractivity contribution in [3.63, 3.8) is 0 Å². The molecule has 2 fully saturated rings. The molecule has 3 rings (SSSR count). The van der Waals surface area contributed by atoms with Gasteiger partial charge < -0.3 is 14.5 Å². The van der Waals surface area contributed by atoms with E-state index in [4.69, 9.17) is 10.00 Å². The SMILES string of the molecule is N#Cc1c(F)cccc1N1CCN(C(=O)COCC2CC2)CC1. The van der Waals surface area contributed by atoms with Crippen molar-refractivity contribution in [3.8, 4) is 6.07 Å². The van der Waals surface area contributed by atoms with E-state index in [0.717, 1.165) is 0 Å². The van der Waals surface area contributed by atoms with Crippen LogP contribution >= 0.6 is 0 Å². The average molecular weight is 317 g/mol. The molecule has 122 valence electrons. The average Bonchev–Trinajstić information content (AvgIpc) is 3.39. The number of nitriles is 1. The maximum Gasteiger partial charge on any atom is 0.248 e. The minimum Gasteiger partial charge on any atom is -0.371 e. The third-order valence-electron chi connectivity index (χ3n) is 4.35. The van der Waals surface area contributed by atoms with Crippen LogP contribution in [-0.4, -0.2) is 50.2 Å². The molecule has 0 unspecified atom stereocenters. The van der Waals surface area contributed by atoms with Crippen molar-refractivity contribution >= 4 is 11.6 Å². The molecule has 0 spiro atoms. The number of carbonyl (C=O) groups excluding carboxylic acids is 1. The second kappa shape index (κ2) is 6.97. The van der Waals surface area contributed by atoms with Gasteiger partial charge in [0, 0.05) is 26.2 Å². The molecule has 0 atom stereocenters. The highest BCUT2D eigenvalue weighted by molar-refractivity contribution is 5.77. The van der Waals surface area contributed by atoms with Gasteiger partial charge in [-0.3, -0.25) is 4.79 Å². The number of nitrogens with zero attached hydrogens (tertiary/aromatic N) is 3. The molecule has 23 heavy (non-hydrogen) atoms. The fourth-order valence-electron chi connectivity index (χ4n) is 2.77. The highest BCUT2D eigenvalue weighted by Crippen LogP contribution is 2.28. The summed E-state index contributed by atoms with van der Waals surface area (Å²) in [5.74, 6) is 0.152. The van der Waals surface area contributed by atoms with Crippen LogP contribution in [0.1, 0.15) is 18.4 Å². The second-order valence-corrected chi connectivity index (χ2v) is 6.07. The number of anilines is 1. The number of piperazine rings is 1. The quantitative estimate of drug-likeness (QED) is 0.830. The Morgan fingerprint density at radius 2 is 2.04 bits per heavy atom. The molecule has 0 aromatic heterocycles. The molecule has 0 N–H and O–H groups in total. The third kappa shape index (κ3) is 3.80. The second-order valence-electron chi connectivity index (χ2n) is 6.07. The van der Waals surface area contributed by atoms with Crippen LogP contribution < -0.4 is 4.90 Å². The van der Waals surface area contributed by atoms with Crippen molar-refractivity contribution in [3.05, 3.63) is 29.6 Å². The van der Waals surface area contributed by atoms with E-state index in [9.17, 15) is 9.18 Å². The standard InChI is InChI=1S/C17H20FN3O2/c18-15-2-1-3-16(14(15)10-19)20-6-8-21(9-7-20)17(22)12-23-11-13-4-5-13/h1-3,13H,4-9,11-12H2. The zero-order valence-electron chi connectivity index (χ0n) is 13.0. The molecule has 1 aliphatic heterocycles. The van der Waals surface area contributed by atoms with Gasteiger partial charge in [-0.2, -0.15) is 5.26 Å². The lowest BCUT2D eigenvalue weighted by molar-refractivity contribution is -0.136. The Hall–Kier alpha value is -2.13. The van der Waals surface area contributed by atoms with Gasteiger partial charge in [0.1, 0.15) is 24.1 Å². The summed E-state index contributed by atoms with van der Waals surface area (Å²) in [5.41, 5.74) is 0.671. The van der Waals surface area contributed by atoms with Crippen molar-refractivity contribution in [2.24, 2.45) is 5.92 Å². The molecule has 0 radical (unpaired) electrons. The molecule has 1 aromatic carbocycles. The lowest BCUT2D eigenvalue weighted by Crippen LogP contribution is -2.50. The van der Waals surface area contributed by atoms with E-state index in [1.54, 1.807) is 17.0 Å². The van der Waals surface area contributed by atoms with Crippen molar-refractivity contribution in [2.45, 2.75) is 12.8 Å². The summed E-state index contributed by atoms with van der Waals surface area (Å²) in [6.07, 6.45) is 2.42. The van der Waals surface area contributed by atoms with Crippen LogP contribution in [0, 0.1) is 23.1 Å². The van der Waals surface area contributed by atoms with Crippen LogP contribution in [-0.2, 0) is 9.53 Å². The molecule has 1 aromatic rings. The zero-order valence-corrected chi connectivity index (χ0v) is 13.0. The van der Waals surface area contributed by atoms with E-state index in [1.807, 2.05) is 11.0 Å². The van der Waals surface area contributed by atoms with Gasteiger partial charge in [-0.1, -0.05) is 6.07 Å². The minimum absolute atomic E-state index is 0.00467. The molecule has 0 bridgehead atoms. The molecule has 1 heterocycles. The number of ether oxygens (including phenoxy) is 1. The predicted molar refractivity (Wildman–Crippen MR) is 83.5 cm³/mol. The largest absolute Gasteiger partial charge is 0.371 e. The highest BCUT2D eigenvalue weighted by atomic mass is 19.1. The van der Waals surface area contributed by atoms with Crippen molar-refractivity contribution < 1.29 is 13.9 Å². The fourth-order valence-corrected chi connectivity index (χ4v) is 2.77. The van der Waals surface area contributed by atoms with E-state index in [-0.39, 0.29) is 18.1 Å². The van der Waals surface area contributed by atoms with E-state index >= 15 is 0 Å². The van der Waals surface area contributed by atoms with E-state index < -0.39 is 5.82 Å². The first-order valence-corrected chi connectivity index (χ1v) is 7.98. The summed E-state index contributed by atoms with van der Waals surface area (Å²) in [4.78, 5) is 15.8. The predicted octanol–water partition coefficient (Wildman–Crippen LogP) is 1.77. The molecule has 2 aliphatic rings. The monoisotopic (exact) mass is 317 g/mol. The van der Waals surface area contributed by atoms with Crippen LogP contribution in [0.15, 0.2) is 18.2 Å². The van der Waals surface area contributed by atoms with Crippen molar-refractivity contribution in [2.75, 3.05) is 44.3 Å². The van der Waals surface area contributed by atoms with Gasteiger partial charge in [-0.05, 0) is 30.9 Å². The Labute approximate surface area is 135 Å². The van der Waals surface area contributed by atoms with Gasteiger partial charge in [0.2, 0.25) is 5.91 Å². The lowest BCUT2D eigenvalue weighted by atomic mass is 10.1. The first kappa shape index (κ1) is 15.8. The Bertz CT molecular complexity index is 617. The van der Waals surface area contributed by atoms with Gasteiger partial charge in [-0.25, -0.2) is 4.39 Å². The number of hydrogen-bond acceptors (Lipinski definition) is 4. The molecule has 1 saturated carbocycles. The van der Waals surface area contributed by atoms with Crippen molar-refractivity contribution in [1.29, 1.82) is 5.26 Å².